The van der Waals surface area contributed by atoms with Crippen molar-refractivity contribution in [3.8, 4) is 11.4 Å². The molecule has 0 saturated heterocycles. The van der Waals surface area contributed by atoms with Gasteiger partial charge < -0.3 is 20.7 Å². The lowest BCUT2D eigenvalue weighted by atomic mass is 9.82. The number of anilines is 1. The summed E-state index contributed by atoms with van der Waals surface area (Å²) in [6.45, 7) is 2.32. The zero-order chi connectivity index (χ0) is 21.3. The van der Waals surface area contributed by atoms with Crippen molar-refractivity contribution in [2.24, 2.45) is 5.92 Å². The van der Waals surface area contributed by atoms with Crippen molar-refractivity contribution in [2.75, 3.05) is 11.9 Å². The lowest BCUT2D eigenvalue weighted by molar-refractivity contribution is -0.130. The topological polar surface area (TPSA) is 116 Å². The molecule has 3 unspecified atom stereocenters. The molecular formula is C20H22ClFN6O2. The minimum Gasteiger partial charge on any atom is -0.390 e. The van der Waals surface area contributed by atoms with Gasteiger partial charge in [-0.05, 0) is 25.8 Å². The van der Waals surface area contributed by atoms with E-state index in [1.807, 2.05) is 6.92 Å². The number of halogens is 2. The zero-order valence-corrected chi connectivity index (χ0v) is 17.1. The summed E-state index contributed by atoms with van der Waals surface area (Å²) in [5, 5.41) is 17.6. The fraction of sp³-hybridized carbons (Fsp3) is 0.400. The van der Waals surface area contributed by atoms with Crippen LogP contribution in [0.3, 0.4) is 0 Å². The molecule has 4 rings (SSSR count). The molecule has 158 valence electrons. The number of aliphatic hydroxyl groups is 1. The first kappa shape index (κ1) is 20.5. The van der Waals surface area contributed by atoms with E-state index in [1.165, 1.54) is 6.20 Å². The van der Waals surface area contributed by atoms with Crippen molar-refractivity contribution in [1.82, 2.24) is 25.3 Å². The smallest absolute Gasteiger partial charge is 0.225 e. The van der Waals surface area contributed by atoms with Crippen LogP contribution in [-0.2, 0) is 4.79 Å². The highest BCUT2D eigenvalue weighted by Gasteiger charge is 2.36. The highest BCUT2D eigenvalue weighted by atomic mass is 35.5. The summed E-state index contributed by atoms with van der Waals surface area (Å²) in [6.07, 6.45) is 5.28. The van der Waals surface area contributed by atoms with Crippen LogP contribution in [0.4, 0.5) is 10.2 Å². The van der Waals surface area contributed by atoms with Gasteiger partial charge in [0.1, 0.15) is 5.65 Å². The van der Waals surface area contributed by atoms with Gasteiger partial charge in [0, 0.05) is 29.9 Å². The Kier molecular flexibility index (Phi) is 5.83. The summed E-state index contributed by atoms with van der Waals surface area (Å²) < 4.78 is 14.5. The van der Waals surface area contributed by atoms with E-state index in [1.54, 1.807) is 12.3 Å². The van der Waals surface area contributed by atoms with Crippen LogP contribution in [0.15, 0.2) is 24.7 Å². The standard InChI is InChI=1S/C20H22ClFN6O2/c1-2-23-20(30)11-4-3-5-15(16(11)29)27-19-14(22)9-26-18(28-19)13-8-25-17-12(13)6-10(21)7-24-17/h6-9,11,15-16,29H,2-5H2,1H3,(H,23,30)(H,24,25)(H,26,27,28). The monoisotopic (exact) mass is 432 g/mol. The van der Waals surface area contributed by atoms with Gasteiger partial charge in [-0.3, -0.25) is 4.79 Å². The minimum absolute atomic E-state index is 0.0232. The molecule has 0 aliphatic heterocycles. The van der Waals surface area contributed by atoms with Gasteiger partial charge >= 0.3 is 0 Å². The summed E-state index contributed by atoms with van der Waals surface area (Å²) in [7, 11) is 0. The van der Waals surface area contributed by atoms with Gasteiger partial charge in [0.15, 0.2) is 17.5 Å². The second-order valence-electron chi connectivity index (χ2n) is 7.32. The molecule has 3 heterocycles. The number of pyridine rings is 1. The quantitative estimate of drug-likeness (QED) is 0.492. The first-order valence-corrected chi connectivity index (χ1v) is 10.2. The number of nitrogens with one attached hydrogen (secondary N) is 3. The van der Waals surface area contributed by atoms with Gasteiger partial charge in [-0.2, -0.15) is 0 Å². The van der Waals surface area contributed by atoms with Gasteiger partial charge in [0.2, 0.25) is 5.91 Å². The average molecular weight is 433 g/mol. The van der Waals surface area contributed by atoms with Crippen molar-refractivity contribution in [3.63, 3.8) is 0 Å². The number of hydrogen-bond donors (Lipinski definition) is 4. The molecule has 1 amide bonds. The van der Waals surface area contributed by atoms with Crippen LogP contribution in [0, 0.1) is 11.7 Å². The second kappa shape index (κ2) is 8.53. The third kappa shape index (κ3) is 3.95. The number of fused-ring (bicyclic) bond motifs is 1. The van der Waals surface area contributed by atoms with E-state index < -0.39 is 23.9 Å². The highest BCUT2D eigenvalue weighted by molar-refractivity contribution is 6.31. The van der Waals surface area contributed by atoms with E-state index in [4.69, 9.17) is 11.6 Å². The van der Waals surface area contributed by atoms with Gasteiger partial charge in [0.05, 0.1) is 29.3 Å². The molecule has 3 aromatic rings. The van der Waals surface area contributed by atoms with Crippen LogP contribution < -0.4 is 10.6 Å². The molecule has 0 aromatic carbocycles. The molecule has 1 aliphatic carbocycles. The third-order valence-corrected chi connectivity index (χ3v) is 5.55. The van der Waals surface area contributed by atoms with Crippen LogP contribution in [0.5, 0.6) is 0 Å². The summed E-state index contributed by atoms with van der Waals surface area (Å²) >= 11 is 6.05. The summed E-state index contributed by atoms with van der Waals surface area (Å²) in [5.74, 6) is -1.10. The van der Waals surface area contributed by atoms with Crippen LogP contribution in [-0.4, -0.2) is 49.6 Å². The maximum Gasteiger partial charge on any atom is 0.225 e. The molecule has 1 fully saturated rings. The lowest BCUT2D eigenvalue weighted by Crippen LogP contribution is -2.48. The van der Waals surface area contributed by atoms with E-state index in [2.05, 4.69) is 30.6 Å². The van der Waals surface area contributed by atoms with E-state index in [-0.39, 0.29) is 11.7 Å². The number of carbonyl (C=O) groups is 1. The largest absolute Gasteiger partial charge is 0.390 e. The second-order valence-corrected chi connectivity index (χ2v) is 7.75. The molecule has 0 radical (unpaired) electrons. The molecule has 0 bridgehead atoms. The van der Waals surface area contributed by atoms with E-state index in [0.717, 1.165) is 12.6 Å². The number of aromatic nitrogens is 4. The van der Waals surface area contributed by atoms with Gasteiger partial charge in [0.25, 0.3) is 0 Å². The molecule has 0 spiro atoms. The molecule has 3 aromatic heterocycles. The van der Waals surface area contributed by atoms with Crippen molar-refractivity contribution in [1.29, 1.82) is 0 Å². The number of carbonyl (C=O) groups excluding carboxylic acids is 1. The van der Waals surface area contributed by atoms with Crippen LogP contribution in [0.2, 0.25) is 5.02 Å². The Labute approximate surface area is 177 Å². The van der Waals surface area contributed by atoms with Crippen LogP contribution in [0.25, 0.3) is 22.4 Å². The van der Waals surface area contributed by atoms with E-state index in [0.29, 0.717) is 46.8 Å². The van der Waals surface area contributed by atoms with Crippen LogP contribution >= 0.6 is 11.6 Å². The Bertz CT molecular complexity index is 1070. The van der Waals surface area contributed by atoms with Crippen molar-refractivity contribution in [2.45, 2.75) is 38.3 Å². The van der Waals surface area contributed by atoms with Gasteiger partial charge in [-0.25, -0.2) is 19.3 Å². The molecule has 8 nitrogen and oxygen atoms in total. The zero-order valence-electron chi connectivity index (χ0n) is 16.3. The average Bonchev–Trinajstić information content (AvgIpc) is 3.14. The normalized spacial score (nSPS) is 21.5. The summed E-state index contributed by atoms with van der Waals surface area (Å²) in [5.41, 5.74) is 1.25. The number of amides is 1. The van der Waals surface area contributed by atoms with Crippen molar-refractivity contribution < 1.29 is 14.3 Å². The van der Waals surface area contributed by atoms with E-state index in [9.17, 15) is 14.3 Å². The number of aliphatic hydroxyl groups excluding tert-OH is 1. The van der Waals surface area contributed by atoms with Gasteiger partial charge in [-0.15, -0.1) is 0 Å². The molecule has 1 aliphatic rings. The first-order valence-electron chi connectivity index (χ1n) is 9.85. The molecule has 10 heteroatoms. The highest BCUT2D eigenvalue weighted by Crippen LogP contribution is 2.30. The predicted octanol–water partition coefficient (Wildman–Crippen LogP) is 2.89. The fourth-order valence-electron chi connectivity index (χ4n) is 3.87. The third-order valence-electron chi connectivity index (χ3n) is 5.35. The predicted molar refractivity (Wildman–Crippen MR) is 112 cm³/mol. The molecule has 4 N–H and O–H groups in total. The Balaban J connectivity index is 1.61. The number of hydrogen-bond acceptors (Lipinski definition) is 6. The molecular weight excluding hydrogens is 411 g/mol. The molecule has 30 heavy (non-hydrogen) atoms. The van der Waals surface area contributed by atoms with Crippen LogP contribution in [0.1, 0.15) is 26.2 Å². The summed E-state index contributed by atoms with van der Waals surface area (Å²) in [6, 6.07) is 1.24. The summed E-state index contributed by atoms with van der Waals surface area (Å²) in [4.78, 5) is 27.9. The Morgan fingerprint density at radius 1 is 1.37 bits per heavy atom. The lowest BCUT2D eigenvalue weighted by Gasteiger charge is -2.34. The Morgan fingerprint density at radius 2 is 2.20 bits per heavy atom. The molecule has 1 saturated carbocycles. The number of nitrogens with zero attached hydrogens (tertiary/aromatic N) is 3. The number of rotatable bonds is 5. The first-order chi connectivity index (χ1) is 14.5. The number of H-pyrrole nitrogens is 1. The van der Waals surface area contributed by atoms with Crippen molar-refractivity contribution in [3.05, 3.63) is 35.5 Å². The minimum atomic E-state index is -0.945. The fourth-order valence-corrected chi connectivity index (χ4v) is 4.02. The van der Waals surface area contributed by atoms with E-state index >= 15 is 0 Å². The SMILES string of the molecule is CCNC(=O)C1CCCC(Nc2nc(-c3c[nH]c4ncc(Cl)cc34)ncc2F)C1O. The Morgan fingerprint density at radius 3 is 3.00 bits per heavy atom. The van der Waals surface area contributed by atoms with Gasteiger partial charge in [-0.1, -0.05) is 18.0 Å². The van der Waals surface area contributed by atoms with Crippen molar-refractivity contribution >= 4 is 34.4 Å². The Hall–Kier alpha value is -2.78. The maximum atomic E-state index is 14.5. The number of aromatic amines is 1. The maximum absolute atomic E-state index is 14.5. The molecule has 3 atom stereocenters.